The first-order valence-electron chi connectivity index (χ1n) is 10.9. The number of nitrogens with zero attached hydrogens (tertiary/aromatic N) is 2. The van der Waals surface area contributed by atoms with Crippen LogP contribution in [0, 0.1) is 0 Å². The van der Waals surface area contributed by atoms with Gasteiger partial charge in [-0.3, -0.25) is 9.59 Å². The van der Waals surface area contributed by atoms with E-state index in [0.29, 0.717) is 50.7 Å². The van der Waals surface area contributed by atoms with Crippen molar-refractivity contribution in [1.82, 2.24) is 4.31 Å². The van der Waals surface area contributed by atoms with Crippen molar-refractivity contribution in [2.75, 3.05) is 43.1 Å². The first-order valence-corrected chi connectivity index (χ1v) is 12.3. The van der Waals surface area contributed by atoms with Crippen molar-refractivity contribution in [2.45, 2.75) is 30.8 Å². The molecular weight excluding hydrogens is 446 g/mol. The molecule has 0 radical (unpaired) electrons. The normalized spacial score (nSPS) is 18.2. The number of nitrogens with one attached hydrogen (secondary N) is 1. The Labute approximate surface area is 193 Å². The Morgan fingerprint density at radius 2 is 1.85 bits per heavy atom. The number of morpholine rings is 1. The standard InChI is InChI=1S/C23H27N3O6S/c1-17(32-20-7-3-6-19(16-20)26-10-4-9-22(26)27)23(28)24-18-5-2-8-21(15-18)33(29,30)25-11-13-31-14-12-25/h2-3,5-8,15-17H,4,9-14H2,1H3,(H,24,28). The molecule has 0 aliphatic carbocycles. The Balaban J connectivity index is 1.41. The lowest BCUT2D eigenvalue weighted by Gasteiger charge is -2.26. The van der Waals surface area contributed by atoms with E-state index < -0.39 is 22.0 Å². The lowest BCUT2D eigenvalue weighted by Crippen LogP contribution is -2.40. The summed E-state index contributed by atoms with van der Waals surface area (Å²) in [4.78, 5) is 26.5. The summed E-state index contributed by atoms with van der Waals surface area (Å²) in [6.07, 6.45) is 0.516. The smallest absolute Gasteiger partial charge is 0.265 e. The minimum absolute atomic E-state index is 0.0739. The summed E-state index contributed by atoms with van der Waals surface area (Å²) in [5, 5.41) is 2.72. The summed E-state index contributed by atoms with van der Waals surface area (Å²) in [6, 6.07) is 13.2. The lowest BCUT2D eigenvalue weighted by atomic mass is 10.2. The van der Waals surface area contributed by atoms with Crippen LogP contribution in [0.5, 0.6) is 5.75 Å². The molecule has 1 N–H and O–H groups in total. The first kappa shape index (κ1) is 23.2. The summed E-state index contributed by atoms with van der Waals surface area (Å²) in [5.41, 5.74) is 1.10. The summed E-state index contributed by atoms with van der Waals surface area (Å²) in [7, 11) is -3.67. The third-order valence-electron chi connectivity index (χ3n) is 5.59. The average Bonchev–Trinajstić information content (AvgIpc) is 3.26. The van der Waals surface area contributed by atoms with Crippen LogP contribution in [0.25, 0.3) is 0 Å². The van der Waals surface area contributed by atoms with E-state index in [9.17, 15) is 18.0 Å². The van der Waals surface area contributed by atoms with Crippen molar-refractivity contribution in [1.29, 1.82) is 0 Å². The van der Waals surface area contributed by atoms with Gasteiger partial charge < -0.3 is 19.7 Å². The molecule has 9 nitrogen and oxygen atoms in total. The van der Waals surface area contributed by atoms with Crippen molar-refractivity contribution >= 4 is 33.2 Å². The van der Waals surface area contributed by atoms with Gasteiger partial charge in [0.25, 0.3) is 5.91 Å². The van der Waals surface area contributed by atoms with Crippen LogP contribution in [0.4, 0.5) is 11.4 Å². The van der Waals surface area contributed by atoms with Gasteiger partial charge in [-0.1, -0.05) is 12.1 Å². The second-order valence-corrected chi connectivity index (χ2v) is 9.88. The van der Waals surface area contributed by atoms with E-state index in [2.05, 4.69) is 5.32 Å². The Bertz CT molecular complexity index is 1130. The topological polar surface area (TPSA) is 105 Å². The van der Waals surface area contributed by atoms with Gasteiger partial charge in [0, 0.05) is 43.5 Å². The van der Waals surface area contributed by atoms with E-state index in [-0.39, 0.29) is 10.8 Å². The molecule has 2 heterocycles. The molecule has 176 valence electrons. The highest BCUT2D eigenvalue weighted by molar-refractivity contribution is 7.89. The second-order valence-electron chi connectivity index (χ2n) is 7.94. The number of benzene rings is 2. The highest BCUT2D eigenvalue weighted by Crippen LogP contribution is 2.26. The second kappa shape index (κ2) is 9.90. The van der Waals surface area contributed by atoms with Gasteiger partial charge in [0.1, 0.15) is 5.75 Å². The SMILES string of the molecule is CC(Oc1cccc(N2CCCC2=O)c1)C(=O)Nc1cccc(S(=O)(=O)N2CCOCC2)c1. The summed E-state index contributed by atoms with van der Waals surface area (Å²) in [6.45, 7) is 3.59. The number of rotatable bonds is 7. The van der Waals surface area contributed by atoms with Gasteiger partial charge in [0.05, 0.1) is 18.1 Å². The van der Waals surface area contributed by atoms with Crippen LogP contribution in [0.3, 0.4) is 0 Å². The lowest BCUT2D eigenvalue weighted by molar-refractivity contribution is -0.122. The van der Waals surface area contributed by atoms with E-state index in [1.165, 1.54) is 16.4 Å². The molecule has 0 saturated carbocycles. The number of sulfonamides is 1. The molecule has 2 aromatic rings. The third kappa shape index (κ3) is 5.35. The monoisotopic (exact) mass is 473 g/mol. The highest BCUT2D eigenvalue weighted by Gasteiger charge is 2.27. The zero-order chi connectivity index (χ0) is 23.4. The number of amides is 2. The fraction of sp³-hybridized carbons (Fsp3) is 0.391. The zero-order valence-electron chi connectivity index (χ0n) is 18.4. The number of carbonyl (C=O) groups is 2. The van der Waals surface area contributed by atoms with Gasteiger partial charge in [-0.25, -0.2) is 8.42 Å². The van der Waals surface area contributed by atoms with Crippen LogP contribution in [0.1, 0.15) is 19.8 Å². The molecular formula is C23H27N3O6S. The number of ether oxygens (including phenoxy) is 2. The van der Waals surface area contributed by atoms with Gasteiger partial charge in [-0.05, 0) is 43.7 Å². The molecule has 2 fully saturated rings. The maximum Gasteiger partial charge on any atom is 0.265 e. The maximum atomic E-state index is 12.9. The van der Waals surface area contributed by atoms with Crippen molar-refractivity contribution in [3.63, 3.8) is 0 Å². The van der Waals surface area contributed by atoms with Gasteiger partial charge in [-0.2, -0.15) is 4.31 Å². The molecule has 4 rings (SSSR count). The van der Waals surface area contributed by atoms with Gasteiger partial charge >= 0.3 is 0 Å². The Morgan fingerprint density at radius 3 is 2.58 bits per heavy atom. The number of hydrogen-bond donors (Lipinski definition) is 1. The average molecular weight is 474 g/mol. The van der Waals surface area contributed by atoms with E-state index >= 15 is 0 Å². The number of carbonyl (C=O) groups excluding carboxylic acids is 2. The molecule has 33 heavy (non-hydrogen) atoms. The van der Waals surface area contributed by atoms with Crippen LogP contribution < -0.4 is 15.0 Å². The molecule has 2 aromatic carbocycles. The van der Waals surface area contributed by atoms with E-state index in [1.54, 1.807) is 42.2 Å². The van der Waals surface area contributed by atoms with Crippen LogP contribution >= 0.6 is 0 Å². The fourth-order valence-corrected chi connectivity index (χ4v) is 5.27. The predicted molar refractivity (Wildman–Crippen MR) is 123 cm³/mol. The Hall–Kier alpha value is -2.95. The zero-order valence-corrected chi connectivity index (χ0v) is 19.2. The largest absolute Gasteiger partial charge is 0.481 e. The Morgan fingerprint density at radius 1 is 1.09 bits per heavy atom. The summed E-state index contributed by atoms with van der Waals surface area (Å²) in [5.74, 6) is 0.127. The molecule has 0 spiro atoms. The van der Waals surface area contributed by atoms with Crippen molar-refractivity contribution in [2.24, 2.45) is 0 Å². The number of hydrogen-bond acceptors (Lipinski definition) is 6. The van der Waals surface area contributed by atoms with E-state index in [0.717, 1.165) is 12.1 Å². The van der Waals surface area contributed by atoms with E-state index in [4.69, 9.17) is 9.47 Å². The number of anilines is 2. The minimum atomic E-state index is -3.67. The van der Waals surface area contributed by atoms with Gasteiger partial charge in [0.2, 0.25) is 15.9 Å². The summed E-state index contributed by atoms with van der Waals surface area (Å²) < 4.78 is 38.1. The van der Waals surface area contributed by atoms with Crippen molar-refractivity contribution in [3.05, 3.63) is 48.5 Å². The van der Waals surface area contributed by atoms with Crippen LogP contribution in [-0.4, -0.2) is 63.5 Å². The molecule has 1 atom stereocenters. The molecule has 10 heteroatoms. The Kier molecular flexibility index (Phi) is 6.96. The third-order valence-corrected chi connectivity index (χ3v) is 7.49. The van der Waals surface area contributed by atoms with Crippen molar-refractivity contribution < 1.29 is 27.5 Å². The highest BCUT2D eigenvalue weighted by atomic mass is 32.2. The maximum absolute atomic E-state index is 12.9. The van der Waals surface area contributed by atoms with E-state index in [1.807, 2.05) is 6.07 Å². The van der Waals surface area contributed by atoms with Crippen molar-refractivity contribution in [3.8, 4) is 5.75 Å². The molecule has 2 aliphatic heterocycles. The molecule has 2 amide bonds. The summed E-state index contributed by atoms with van der Waals surface area (Å²) >= 11 is 0. The molecule has 2 aliphatic rings. The fourth-order valence-electron chi connectivity index (χ4n) is 3.82. The van der Waals surface area contributed by atoms with Crippen LogP contribution in [-0.2, 0) is 24.3 Å². The first-order chi connectivity index (χ1) is 15.8. The molecule has 2 saturated heterocycles. The quantitative estimate of drug-likeness (QED) is 0.661. The molecule has 0 aromatic heterocycles. The predicted octanol–water partition coefficient (Wildman–Crippen LogP) is 2.24. The van der Waals surface area contributed by atoms with Crippen LogP contribution in [0.2, 0.25) is 0 Å². The van der Waals surface area contributed by atoms with Gasteiger partial charge in [-0.15, -0.1) is 0 Å². The minimum Gasteiger partial charge on any atom is -0.481 e. The van der Waals surface area contributed by atoms with Crippen LogP contribution in [0.15, 0.2) is 53.4 Å². The molecule has 1 unspecified atom stereocenters. The molecule has 0 bridgehead atoms. The van der Waals surface area contributed by atoms with Gasteiger partial charge in [0.15, 0.2) is 6.10 Å².